The number of aromatic nitrogens is 2. The highest BCUT2D eigenvalue weighted by Crippen LogP contribution is 2.51. The fourth-order valence-electron chi connectivity index (χ4n) is 8.26. The van der Waals surface area contributed by atoms with E-state index in [1.165, 1.54) is 55.3 Å². The molecule has 0 spiro atoms. The van der Waals surface area contributed by atoms with Crippen molar-refractivity contribution in [3.05, 3.63) is 205 Å². The first-order valence-corrected chi connectivity index (χ1v) is 19.0. The fraction of sp³-hybridized carbons (Fsp3) is 0.0566. The Balaban J connectivity index is 0.985. The zero-order chi connectivity index (χ0) is 36.9. The van der Waals surface area contributed by atoms with E-state index in [-0.39, 0.29) is 5.41 Å². The van der Waals surface area contributed by atoms with E-state index in [0.717, 1.165) is 39.2 Å². The number of rotatable bonds is 6. The van der Waals surface area contributed by atoms with Crippen LogP contribution in [0.3, 0.4) is 0 Å². The van der Waals surface area contributed by atoms with Crippen LogP contribution < -0.4 is 0 Å². The minimum absolute atomic E-state index is 0.0724. The van der Waals surface area contributed by atoms with Gasteiger partial charge in [0.1, 0.15) is 0 Å². The molecule has 0 bridgehead atoms. The lowest BCUT2D eigenvalue weighted by Crippen LogP contribution is -2.15. The molecule has 0 atom stereocenters. The van der Waals surface area contributed by atoms with Crippen molar-refractivity contribution in [2.75, 3.05) is 0 Å². The second-order valence-corrected chi connectivity index (χ2v) is 15.1. The van der Waals surface area contributed by atoms with Gasteiger partial charge in [0.05, 0.1) is 11.4 Å². The number of fused-ring (bicyclic) bond motifs is 4. The summed E-state index contributed by atoms with van der Waals surface area (Å²) in [7, 11) is 0. The molecule has 55 heavy (non-hydrogen) atoms. The van der Waals surface area contributed by atoms with Gasteiger partial charge in [0.15, 0.2) is 5.82 Å². The summed E-state index contributed by atoms with van der Waals surface area (Å²) in [6.45, 7) is 4.72. The van der Waals surface area contributed by atoms with Crippen molar-refractivity contribution in [3.63, 3.8) is 0 Å². The highest BCUT2D eigenvalue weighted by atomic mass is 14.9. The Morgan fingerprint density at radius 2 is 0.745 bits per heavy atom. The summed E-state index contributed by atoms with van der Waals surface area (Å²) in [5.74, 6) is 0.710. The van der Waals surface area contributed by atoms with Gasteiger partial charge in [-0.25, -0.2) is 9.97 Å². The number of nitrogens with zero attached hydrogens (tertiary/aromatic N) is 2. The molecule has 1 aromatic heterocycles. The molecule has 260 valence electrons. The Hall–Kier alpha value is -6.90. The SMILES string of the molecule is CC1(C)c2cc(-c3ccc(-c4cccc(-c5cc(-c6cccc(-c7ccccc7)c6)nc(-c6ccccc6)n5)c4)cc3)ccc2-c2cc3ccccc3cc21. The first-order chi connectivity index (χ1) is 27.0. The van der Waals surface area contributed by atoms with Gasteiger partial charge in [-0.15, -0.1) is 0 Å². The predicted octanol–water partition coefficient (Wildman–Crippen LogP) is 13.9. The Kier molecular flexibility index (Phi) is 7.85. The third-order valence-corrected chi connectivity index (χ3v) is 11.3. The zero-order valence-electron chi connectivity index (χ0n) is 30.9. The van der Waals surface area contributed by atoms with E-state index in [2.05, 4.69) is 184 Å². The quantitative estimate of drug-likeness (QED) is 0.172. The third-order valence-electron chi connectivity index (χ3n) is 11.3. The Bertz CT molecular complexity index is 2870. The summed E-state index contributed by atoms with van der Waals surface area (Å²) in [6, 6.07) is 69.6. The summed E-state index contributed by atoms with van der Waals surface area (Å²) < 4.78 is 0. The van der Waals surface area contributed by atoms with Gasteiger partial charge in [-0.3, -0.25) is 0 Å². The lowest BCUT2D eigenvalue weighted by molar-refractivity contribution is 0.661. The minimum atomic E-state index is -0.0724. The fourth-order valence-corrected chi connectivity index (χ4v) is 8.26. The smallest absolute Gasteiger partial charge is 0.160 e. The monoisotopic (exact) mass is 702 g/mol. The standard InChI is InChI=1S/C53H38N2/c1-53(2)48-33-43(27-28-46(48)47-31-41-17-9-10-18-42(41)32-49(47)53)37-25-23-36(24-26-37)40-20-12-22-45(30-40)51-34-50(54-52(55-51)38-15-7-4-8-16-38)44-21-11-19-39(29-44)35-13-5-3-6-14-35/h3-34H,1-2H3. The number of hydrogen-bond donors (Lipinski definition) is 0. The molecular formula is C53H38N2. The maximum Gasteiger partial charge on any atom is 0.160 e. The summed E-state index contributed by atoms with van der Waals surface area (Å²) in [5, 5.41) is 2.59. The Morgan fingerprint density at radius 3 is 1.35 bits per heavy atom. The van der Waals surface area contributed by atoms with Gasteiger partial charge >= 0.3 is 0 Å². The molecule has 8 aromatic carbocycles. The van der Waals surface area contributed by atoms with Crippen molar-refractivity contribution in [1.29, 1.82) is 0 Å². The lowest BCUT2D eigenvalue weighted by atomic mass is 9.81. The van der Waals surface area contributed by atoms with Crippen LogP contribution in [-0.4, -0.2) is 9.97 Å². The van der Waals surface area contributed by atoms with Crippen LogP contribution in [0.5, 0.6) is 0 Å². The normalized spacial score (nSPS) is 12.7. The van der Waals surface area contributed by atoms with Crippen molar-refractivity contribution >= 4 is 10.8 Å². The molecule has 1 heterocycles. The van der Waals surface area contributed by atoms with Gasteiger partial charge in [0.25, 0.3) is 0 Å². The summed E-state index contributed by atoms with van der Waals surface area (Å²) >= 11 is 0. The second-order valence-electron chi connectivity index (χ2n) is 15.1. The molecule has 0 amide bonds. The third kappa shape index (κ3) is 5.93. The average molecular weight is 703 g/mol. The molecule has 2 nitrogen and oxygen atoms in total. The van der Waals surface area contributed by atoms with Gasteiger partial charge in [-0.1, -0.05) is 172 Å². The molecule has 2 heteroatoms. The van der Waals surface area contributed by atoms with Crippen LogP contribution in [0.4, 0.5) is 0 Å². The van der Waals surface area contributed by atoms with Crippen LogP contribution in [-0.2, 0) is 5.41 Å². The number of hydrogen-bond acceptors (Lipinski definition) is 2. The molecular weight excluding hydrogens is 665 g/mol. The molecule has 0 N–H and O–H groups in total. The summed E-state index contributed by atoms with van der Waals surface area (Å²) in [4.78, 5) is 10.2. The van der Waals surface area contributed by atoms with Crippen LogP contribution >= 0.6 is 0 Å². The first kappa shape index (κ1) is 32.7. The average Bonchev–Trinajstić information content (AvgIpc) is 3.47. The molecule has 1 aliphatic carbocycles. The highest BCUT2D eigenvalue weighted by molar-refractivity contribution is 5.94. The maximum atomic E-state index is 5.13. The van der Waals surface area contributed by atoms with E-state index in [9.17, 15) is 0 Å². The molecule has 0 fully saturated rings. The molecule has 10 rings (SSSR count). The van der Waals surface area contributed by atoms with E-state index in [1.54, 1.807) is 0 Å². The van der Waals surface area contributed by atoms with E-state index >= 15 is 0 Å². The summed E-state index contributed by atoms with van der Waals surface area (Å²) in [5.41, 5.74) is 17.4. The molecule has 0 radical (unpaired) electrons. The maximum absolute atomic E-state index is 5.13. The van der Waals surface area contributed by atoms with Crippen molar-refractivity contribution in [3.8, 4) is 78.4 Å². The molecule has 0 unspecified atom stereocenters. The van der Waals surface area contributed by atoms with Crippen molar-refractivity contribution in [2.45, 2.75) is 19.3 Å². The van der Waals surface area contributed by atoms with Crippen LogP contribution in [0.15, 0.2) is 194 Å². The summed E-state index contributed by atoms with van der Waals surface area (Å²) in [6.07, 6.45) is 0. The van der Waals surface area contributed by atoms with E-state index in [1.807, 2.05) is 24.3 Å². The lowest BCUT2D eigenvalue weighted by Gasteiger charge is -2.22. The molecule has 0 aliphatic heterocycles. The molecule has 0 saturated heterocycles. The van der Waals surface area contributed by atoms with Gasteiger partial charge in [0.2, 0.25) is 0 Å². The highest BCUT2D eigenvalue weighted by Gasteiger charge is 2.35. The van der Waals surface area contributed by atoms with E-state index in [4.69, 9.17) is 9.97 Å². The van der Waals surface area contributed by atoms with Crippen LogP contribution in [0, 0.1) is 0 Å². The first-order valence-electron chi connectivity index (χ1n) is 19.0. The van der Waals surface area contributed by atoms with E-state index in [0.29, 0.717) is 5.82 Å². The zero-order valence-corrected chi connectivity index (χ0v) is 30.9. The van der Waals surface area contributed by atoms with Gasteiger partial charge in [-0.2, -0.15) is 0 Å². The van der Waals surface area contributed by atoms with Crippen molar-refractivity contribution in [1.82, 2.24) is 9.97 Å². The predicted molar refractivity (Wildman–Crippen MR) is 230 cm³/mol. The molecule has 9 aromatic rings. The molecule has 1 aliphatic rings. The Morgan fingerprint density at radius 1 is 0.309 bits per heavy atom. The van der Waals surface area contributed by atoms with Gasteiger partial charge in [0, 0.05) is 22.1 Å². The number of benzene rings is 8. The Labute approximate surface area is 322 Å². The van der Waals surface area contributed by atoms with Crippen molar-refractivity contribution < 1.29 is 0 Å². The second kappa shape index (κ2) is 13.2. The molecule has 0 saturated carbocycles. The van der Waals surface area contributed by atoms with Crippen LogP contribution in [0.25, 0.3) is 89.2 Å². The van der Waals surface area contributed by atoms with Gasteiger partial charge in [-0.05, 0) is 103 Å². The van der Waals surface area contributed by atoms with Crippen LogP contribution in [0.2, 0.25) is 0 Å². The van der Waals surface area contributed by atoms with E-state index < -0.39 is 0 Å². The largest absolute Gasteiger partial charge is 0.228 e. The topological polar surface area (TPSA) is 25.8 Å². The minimum Gasteiger partial charge on any atom is -0.228 e. The van der Waals surface area contributed by atoms with Gasteiger partial charge < -0.3 is 0 Å². The van der Waals surface area contributed by atoms with Crippen molar-refractivity contribution in [2.24, 2.45) is 0 Å². The van der Waals surface area contributed by atoms with Crippen LogP contribution in [0.1, 0.15) is 25.0 Å².